The second kappa shape index (κ2) is 6.95. The molecule has 112 valence electrons. The zero-order valence-electron chi connectivity index (χ0n) is 12.6. The number of rotatable bonds is 5. The fourth-order valence-corrected chi connectivity index (χ4v) is 3.99. The highest BCUT2D eigenvalue weighted by Gasteiger charge is 2.33. The highest BCUT2D eigenvalue weighted by atomic mass is 79.9. The molecule has 1 aliphatic rings. The van der Waals surface area contributed by atoms with Crippen molar-refractivity contribution in [3.05, 3.63) is 28.2 Å². The van der Waals surface area contributed by atoms with Gasteiger partial charge in [0.25, 0.3) is 0 Å². The van der Waals surface area contributed by atoms with Crippen molar-refractivity contribution < 1.29 is 4.74 Å². The average molecular weight is 340 g/mol. The van der Waals surface area contributed by atoms with Gasteiger partial charge in [-0.1, -0.05) is 19.4 Å². The topological polar surface area (TPSA) is 35.2 Å². The first kappa shape index (κ1) is 15.8. The van der Waals surface area contributed by atoms with Crippen LogP contribution in [0.25, 0.3) is 0 Å². The standard InChI is InChI=1S/C17H26BrNO/c1-3-13-6-8-17(12-19,9-7-13)11-14-4-5-16(20-2)15(18)10-14/h4-5,10,13H,3,6-9,11-12,19H2,1-2H3. The van der Waals surface area contributed by atoms with Crippen molar-refractivity contribution in [1.82, 2.24) is 0 Å². The van der Waals surface area contributed by atoms with Crippen molar-refractivity contribution >= 4 is 15.9 Å². The highest BCUT2D eigenvalue weighted by molar-refractivity contribution is 9.10. The summed E-state index contributed by atoms with van der Waals surface area (Å²) in [6, 6.07) is 6.40. The average Bonchev–Trinajstić information content (AvgIpc) is 2.48. The molecule has 3 heteroatoms. The van der Waals surface area contributed by atoms with Gasteiger partial charge in [-0.25, -0.2) is 0 Å². The van der Waals surface area contributed by atoms with Gasteiger partial charge in [-0.05, 0) is 83.6 Å². The second-order valence-electron chi connectivity index (χ2n) is 6.20. The summed E-state index contributed by atoms with van der Waals surface area (Å²) in [4.78, 5) is 0. The Balaban J connectivity index is 2.08. The Morgan fingerprint density at radius 3 is 2.55 bits per heavy atom. The largest absolute Gasteiger partial charge is 0.496 e. The van der Waals surface area contributed by atoms with Crippen LogP contribution >= 0.6 is 15.9 Å². The van der Waals surface area contributed by atoms with E-state index in [-0.39, 0.29) is 0 Å². The predicted molar refractivity (Wildman–Crippen MR) is 88.1 cm³/mol. The lowest BCUT2D eigenvalue weighted by molar-refractivity contribution is 0.153. The van der Waals surface area contributed by atoms with Gasteiger partial charge in [-0.15, -0.1) is 0 Å². The zero-order valence-corrected chi connectivity index (χ0v) is 14.2. The van der Waals surface area contributed by atoms with E-state index in [9.17, 15) is 0 Å². The number of methoxy groups -OCH3 is 1. The van der Waals surface area contributed by atoms with Gasteiger partial charge in [0.15, 0.2) is 0 Å². The SMILES string of the molecule is CCC1CCC(CN)(Cc2ccc(OC)c(Br)c2)CC1. The summed E-state index contributed by atoms with van der Waals surface area (Å²) < 4.78 is 6.33. The van der Waals surface area contributed by atoms with Crippen molar-refractivity contribution in [3.63, 3.8) is 0 Å². The van der Waals surface area contributed by atoms with Crippen LogP contribution in [0.5, 0.6) is 5.75 Å². The molecule has 0 heterocycles. The molecule has 0 radical (unpaired) electrons. The van der Waals surface area contributed by atoms with Crippen LogP contribution in [0.1, 0.15) is 44.6 Å². The van der Waals surface area contributed by atoms with E-state index in [1.54, 1.807) is 7.11 Å². The molecule has 0 aliphatic heterocycles. The van der Waals surface area contributed by atoms with E-state index < -0.39 is 0 Å². The minimum absolute atomic E-state index is 0.305. The lowest BCUT2D eigenvalue weighted by Crippen LogP contribution is -2.36. The summed E-state index contributed by atoms with van der Waals surface area (Å²) >= 11 is 3.58. The molecule has 0 aromatic heterocycles. The maximum absolute atomic E-state index is 6.13. The summed E-state index contributed by atoms with van der Waals surface area (Å²) in [5.41, 5.74) is 7.80. The Labute approximate surface area is 131 Å². The van der Waals surface area contributed by atoms with E-state index in [0.717, 1.165) is 29.1 Å². The first-order valence-corrected chi connectivity index (χ1v) is 8.44. The summed E-state index contributed by atoms with van der Waals surface area (Å²) in [5, 5.41) is 0. The number of hydrogen-bond donors (Lipinski definition) is 1. The third-order valence-electron chi connectivity index (χ3n) is 4.97. The fourth-order valence-electron chi connectivity index (χ4n) is 3.40. The molecule has 1 saturated carbocycles. The summed E-state index contributed by atoms with van der Waals surface area (Å²) in [6.45, 7) is 3.10. The second-order valence-corrected chi connectivity index (χ2v) is 7.06. The van der Waals surface area contributed by atoms with Gasteiger partial charge in [0.1, 0.15) is 5.75 Å². The van der Waals surface area contributed by atoms with Crippen LogP contribution in [0.3, 0.4) is 0 Å². The molecule has 20 heavy (non-hydrogen) atoms. The van der Waals surface area contributed by atoms with Gasteiger partial charge in [-0.2, -0.15) is 0 Å². The summed E-state index contributed by atoms with van der Waals surface area (Å²) in [6.07, 6.45) is 7.62. The van der Waals surface area contributed by atoms with Gasteiger partial charge >= 0.3 is 0 Å². The maximum atomic E-state index is 6.13. The molecule has 2 N–H and O–H groups in total. The Hall–Kier alpha value is -0.540. The maximum Gasteiger partial charge on any atom is 0.133 e. The van der Waals surface area contributed by atoms with Crippen LogP contribution in [-0.2, 0) is 6.42 Å². The molecule has 0 bridgehead atoms. The minimum atomic E-state index is 0.305. The zero-order chi connectivity index (χ0) is 14.6. The van der Waals surface area contributed by atoms with E-state index in [1.165, 1.54) is 37.7 Å². The van der Waals surface area contributed by atoms with Gasteiger partial charge in [-0.3, -0.25) is 0 Å². The van der Waals surface area contributed by atoms with Gasteiger partial charge in [0.2, 0.25) is 0 Å². The van der Waals surface area contributed by atoms with E-state index in [0.29, 0.717) is 5.41 Å². The molecule has 0 unspecified atom stereocenters. The Bertz CT molecular complexity index is 439. The molecule has 1 aromatic rings. The molecule has 0 amide bonds. The molecule has 1 aromatic carbocycles. The molecule has 0 atom stereocenters. The van der Waals surface area contributed by atoms with E-state index in [4.69, 9.17) is 10.5 Å². The molecule has 1 aliphatic carbocycles. The van der Waals surface area contributed by atoms with Gasteiger partial charge in [0.05, 0.1) is 11.6 Å². The summed E-state index contributed by atoms with van der Waals surface area (Å²) in [5.74, 6) is 1.81. The molecule has 0 saturated heterocycles. The fraction of sp³-hybridized carbons (Fsp3) is 0.647. The number of benzene rings is 1. The molecule has 2 rings (SSSR count). The number of hydrogen-bond acceptors (Lipinski definition) is 2. The monoisotopic (exact) mass is 339 g/mol. The van der Waals surface area contributed by atoms with Crippen molar-refractivity contribution in [2.45, 2.75) is 45.4 Å². The molecular weight excluding hydrogens is 314 g/mol. The highest BCUT2D eigenvalue weighted by Crippen LogP contribution is 2.42. The summed E-state index contributed by atoms with van der Waals surface area (Å²) in [7, 11) is 1.70. The van der Waals surface area contributed by atoms with Gasteiger partial charge in [0, 0.05) is 0 Å². The Kier molecular flexibility index (Phi) is 5.50. The lowest BCUT2D eigenvalue weighted by atomic mass is 9.67. The van der Waals surface area contributed by atoms with Crippen LogP contribution in [0.15, 0.2) is 22.7 Å². The van der Waals surface area contributed by atoms with E-state index in [1.807, 2.05) is 6.07 Å². The van der Waals surface area contributed by atoms with Crippen molar-refractivity contribution in [3.8, 4) is 5.75 Å². The number of halogens is 1. The third kappa shape index (κ3) is 3.56. The third-order valence-corrected chi connectivity index (χ3v) is 5.59. The van der Waals surface area contributed by atoms with Crippen LogP contribution in [0, 0.1) is 11.3 Å². The van der Waals surface area contributed by atoms with Gasteiger partial charge < -0.3 is 10.5 Å². The van der Waals surface area contributed by atoms with Crippen molar-refractivity contribution in [2.24, 2.45) is 17.1 Å². The quantitative estimate of drug-likeness (QED) is 0.854. The Morgan fingerprint density at radius 1 is 1.35 bits per heavy atom. The van der Waals surface area contributed by atoms with Crippen molar-refractivity contribution in [1.29, 1.82) is 0 Å². The van der Waals surface area contributed by atoms with E-state index in [2.05, 4.69) is 35.0 Å². The number of ether oxygens (including phenoxy) is 1. The molecular formula is C17H26BrNO. The van der Waals surface area contributed by atoms with Crippen LogP contribution in [0.2, 0.25) is 0 Å². The van der Waals surface area contributed by atoms with Crippen LogP contribution in [0.4, 0.5) is 0 Å². The first-order chi connectivity index (χ1) is 9.62. The van der Waals surface area contributed by atoms with E-state index >= 15 is 0 Å². The van der Waals surface area contributed by atoms with Crippen LogP contribution in [-0.4, -0.2) is 13.7 Å². The lowest BCUT2D eigenvalue weighted by Gasteiger charge is -2.39. The smallest absolute Gasteiger partial charge is 0.133 e. The minimum Gasteiger partial charge on any atom is -0.496 e. The normalized spacial score (nSPS) is 26.5. The first-order valence-electron chi connectivity index (χ1n) is 7.65. The molecule has 1 fully saturated rings. The Morgan fingerprint density at radius 2 is 2.05 bits per heavy atom. The predicted octanol–water partition coefficient (Wildman–Crippen LogP) is 4.55. The van der Waals surface area contributed by atoms with Crippen LogP contribution < -0.4 is 10.5 Å². The molecule has 0 spiro atoms. The number of nitrogens with two attached hydrogens (primary N) is 1. The van der Waals surface area contributed by atoms with Crippen molar-refractivity contribution in [2.75, 3.05) is 13.7 Å². The molecule has 2 nitrogen and oxygen atoms in total.